The van der Waals surface area contributed by atoms with Gasteiger partial charge in [0.15, 0.2) is 5.76 Å². The van der Waals surface area contributed by atoms with E-state index in [1.165, 1.54) is 6.26 Å². The zero-order valence-corrected chi connectivity index (χ0v) is 18.1. The SMILES string of the molecule is CN(C)C(=O)CCc1cccc(NCC(=O)Nc2cccc(NC(=O)c3ccco3)c2)c1. The summed E-state index contributed by atoms with van der Waals surface area (Å²) in [4.78, 5) is 37.8. The number of hydrogen-bond donors (Lipinski definition) is 3. The van der Waals surface area contributed by atoms with Crippen LogP contribution in [0.5, 0.6) is 0 Å². The van der Waals surface area contributed by atoms with Gasteiger partial charge in [-0.1, -0.05) is 18.2 Å². The lowest BCUT2D eigenvalue weighted by atomic mass is 10.1. The average Bonchev–Trinajstić information content (AvgIpc) is 3.32. The van der Waals surface area contributed by atoms with Crippen molar-refractivity contribution in [2.75, 3.05) is 36.6 Å². The minimum absolute atomic E-state index is 0.0725. The molecule has 3 amide bonds. The van der Waals surface area contributed by atoms with E-state index in [0.29, 0.717) is 24.2 Å². The summed E-state index contributed by atoms with van der Waals surface area (Å²) in [7, 11) is 3.48. The van der Waals surface area contributed by atoms with Crippen LogP contribution in [0.4, 0.5) is 17.1 Å². The zero-order valence-electron chi connectivity index (χ0n) is 18.1. The van der Waals surface area contributed by atoms with Gasteiger partial charge in [0.1, 0.15) is 0 Å². The molecule has 2 aromatic carbocycles. The number of rotatable bonds is 9. The Labute approximate surface area is 186 Å². The fourth-order valence-corrected chi connectivity index (χ4v) is 2.97. The molecular formula is C24H26N4O4. The summed E-state index contributed by atoms with van der Waals surface area (Å²) >= 11 is 0. The van der Waals surface area contributed by atoms with Gasteiger partial charge in [-0.25, -0.2) is 0 Å². The van der Waals surface area contributed by atoms with E-state index in [1.54, 1.807) is 55.4 Å². The molecule has 0 spiro atoms. The van der Waals surface area contributed by atoms with Gasteiger partial charge in [0.2, 0.25) is 11.8 Å². The maximum absolute atomic E-state index is 12.4. The maximum atomic E-state index is 12.4. The Kier molecular flexibility index (Phi) is 7.64. The van der Waals surface area contributed by atoms with E-state index in [4.69, 9.17) is 4.42 Å². The Morgan fingerprint density at radius 3 is 2.31 bits per heavy atom. The molecule has 8 heteroatoms. The third-order valence-electron chi connectivity index (χ3n) is 4.66. The van der Waals surface area contributed by atoms with Crippen LogP contribution in [0, 0.1) is 0 Å². The van der Waals surface area contributed by atoms with Gasteiger partial charge in [-0.15, -0.1) is 0 Å². The molecule has 0 atom stereocenters. The third-order valence-corrected chi connectivity index (χ3v) is 4.66. The number of carbonyl (C=O) groups is 3. The van der Waals surface area contributed by atoms with E-state index in [2.05, 4.69) is 16.0 Å². The van der Waals surface area contributed by atoms with E-state index in [9.17, 15) is 14.4 Å². The monoisotopic (exact) mass is 434 g/mol. The Balaban J connectivity index is 1.50. The summed E-state index contributed by atoms with van der Waals surface area (Å²) in [6, 6.07) is 17.7. The standard InChI is InChI=1S/C24H26N4O4/c1-28(2)23(30)12-11-17-6-3-7-18(14-17)25-16-22(29)26-19-8-4-9-20(15-19)27-24(31)21-10-5-13-32-21/h3-10,13-15,25H,11-12,16H2,1-2H3,(H,26,29)(H,27,31). The second kappa shape index (κ2) is 10.8. The molecule has 0 saturated carbocycles. The summed E-state index contributed by atoms with van der Waals surface area (Å²) in [6.07, 6.45) is 2.50. The maximum Gasteiger partial charge on any atom is 0.291 e. The topological polar surface area (TPSA) is 104 Å². The molecule has 0 aliphatic carbocycles. The number of benzene rings is 2. The van der Waals surface area contributed by atoms with E-state index < -0.39 is 0 Å². The van der Waals surface area contributed by atoms with Gasteiger partial charge in [-0.05, 0) is 54.4 Å². The van der Waals surface area contributed by atoms with Crippen LogP contribution in [0.25, 0.3) is 0 Å². The minimum atomic E-state index is -0.368. The third kappa shape index (κ3) is 6.73. The van der Waals surface area contributed by atoms with Gasteiger partial charge in [0, 0.05) is 37.6 Å². The van der Waals surface area contributed by atoms with Crippen LogP contribution >= 0.6 is 0 Å². The van der Waals surface area contributed by atoms with Gasteiger partial charge in [-0.3, -0.25) is 14.4 Å². The van der Waals surface area contributed by atoms with Gasteiger partial charge in [0.25, 0.3) is 5.91 Å². The van der Waals surface area contributed by atoms with Crippen molar-refractivity contribution in [2.45, 2.75) is 12.8 Å². The van der Waals surface area contributed by atoms with Crippen LogP contribution in [0.1, 0.15) is 22.5 Å². The first-order valence-electron chi connectivity index (χ1n) is 10.2. The first-order valence-corrected chi connectivity index (χ1v) is 10.2. The molecule has 1 heterocycles. The second-order valence-corrected chi connectivity index (χ2v) is 7.40. The van der Waals surface area contributed by atoms with Crippen molar-refractivity contribution in [1.29, 1.82) is 0 Å². The molecule has 3 aromatic rings. The highest BCUT2D eigenvalue weighted by Gasteiger charge is 2.10. The van der Waals surface area contributed by atoms with E-state index >= 15 is 0 Å². The number of aryl methyl sites for hydroxylation is 1. The lowest BCUT2D eigenvalue weighted by Gasteiger charge is -2.12. The van der Waals surface area contributed by atoms with Gasteiger partial charge in [0.05, 0.1) is 12.8 Å². The summed E-state index contributed by atoms with van der Waals surface area (Å²) in [5.74, 6) is -0.317. The molecule has 0 radical (unpaired) electrons. The molecule has 0 saturated heterocycles. The molecule has 8 nitrogen and oxygen atoms in total. The fraction of sp³-hybridized carbons (Fsp3) is 0.208. The van der Waals surface area contributed by atoms with Crippen LogP contribution in [0.3, 0.4) is 0 Å². The van der Waals surface area contributed by atoms with Crippen molar-refractivity contribution in [3.05, 3.63) is 78.3 Å². The first kappa shape index (κ1) is 22.6. The molecule has 0 aliphatic rings. The molecule has 1 aromatic heterocycles. The number of furan rings is 1. The van der Waals surface area contributed by atoms with Crippen molar-refractivity contribution in [1.82, 2.24) is 4.90 Å². The van der Waals surface area contributed by atoms with Crippen molar-refractivity contribution < 1.29 is 18.8 Å². The first-order chi connectivity index (χ1) is 15.4. The number of amides is 3. The molecule has 166 valence electrons. The molecule has 0 bridgehead atoms. The highest BCUT2D eigenvalue weighted by molar-refractivity contribution is 6.02. The Hall–Kier alpha value is -4.07. The largest absolute Gasteiger partial charge is 0.459 e. The molecule has 0 fully saturated rings. The van der Waals surface area contributed by atoms with Crippen LogP contribution in [-0.4, -0.2) is 43.3 Å². The van der Waals surface area contributed by atoms with E-state index in [0.717, 1.165) is 11.3 Å². The minimum Gasteiger partial charge on any atom is -0.459 e. The van der Waals surface area contributed by atoms with Gasteiger partial charge in [-0.2, -0.15) is 0 Å². The van der Waals surface area contributed by atoms with Crippen LogP contribution in [0.15, 0.2) is 71.3 Å². The molecule has 3 rings (SSSR count). The zero-order chi connectivity index (χ0) is 22.9. The number of nitrogens with one attached hydrogen (secondary N) is 3. The lowest BCUT2D eigenvalue weighted by Crippen LogP contribution is -2.22. The van der Waals surface area contributed by atoms with Crippen molar-refractivity contribution in [3.63, 3.8) is 0 Å². The predicted octanol–water partition coefficient (Wildman–Crippen LogP) is 3.60. The fourth-order valence-electron chi connectivity index (χ4n) is 2.97. The number of anilines is 3. The quantitative estimate of drug-likeness (QED) is 0.477. The van der Waals surface area contributed by atoms with Crippen LogP contribution in [-0.2, 0) is 16.0 Å². The summed E-state index contributed by atoms with van der Waals surface area (Å²) in [5.41, 5.74) is 2.92. The van der Waals surface area contributed by atoms with Gasteiger partial charge < -0.3 is 25.3 Å². The Morgan fingerprint density at radius 1 is 0.875 bits per heavy atom. The lowest BCUT2D eigenvalue weighted by molar-refractivity contribution is -0.128. The normalized spacial score (nSPS) is 10.3. The Morgan fingerprint density at radius 2 is 1.59 bits per heavy atom. The Bertz CT molecular complexity index is 1080. The number of carbonyl (C=O) groups excluding carboxylic acids is 3. The summed E-state index contributed by atoms with van der Waals surface area (Å²) < 4.78 is 5.07. The number of hydrogen-bond acceptors (Lipinski definition) is 5. The van der Waals surface area contributed by atoms with Gasteiger partial charge >= 0.3 is 0 Å². The van der Waals surface area contributed by atoms with Crippen LogP contribution < -0.4 is 16.0 Å². The molecule has 0 aliphatic heterocycles. The number of nitrogens with zero attached hydrogens (tertiary/aromatic N) is 1. The van der Waals surface area contributed by atoms with E-state index in [-0.39, 0.29) is 30.0 Å². The molecule has 32 heavy (non-hydrogen) atoms. The highest BCUT2D eigenvalue weighted by atomic mass is 16.3. The summed E-state index contributed by atoms with van der Waals surface area (Å²) in [5, 5.41) is 8.61. The molecule has 3 N–H and O–H groups in total. The molecule has 0 unspecified atom stereocenters. The predicted molar refractivity (Wildman–Crippen MR) is 124 cm³/mol. The van der Waals surface area contributed by atoms with Crippen molar-refractivity contribution in [3.8, 4) is 0 Å². The second-order valence-electron chi connectivity index (χ2n) is 7.40. The van der Waals surface area contributed by atoms with Crippen LogP contribution in [0.2, 0.25) is 0 Å². The van der Waals surface area contributed by atoms with Crippen molar-refractivity contribution in [2.24, 2.45) is 0 Å². The highest BCUT2D eigenvalue weighted by Crippen LogP contribution is 2.17. The van der Waals surface area contributed by atoms with Crippen molar-refractivity contribution >= 4 is 34.8 Å². The smallest absolute Gasteiger partial charge is 0.291 e. The summed E-state index contributed by atoms with van der Waals surface area (Å²) in [6.45, 7) is 0.0725. The molecular weight excluding hydrogens is 408 g/mol. The average molecular weight is 434 g/mol. The van der Waals surface area contributed by atoms with E-state index in [1.807, 2.05) is 24.3 Å².